The minimum Gasteiger partial charge on any atom is -0.300 e. The molecule has 1 saturated heterocycles. The van der Waals surface area contributed by atoms with Crippen molar-refractivity contribution < 1.29 is 8.42 Å². The molecule has 0 atom stereocenters. The fraction of sp³-hybridized carbons (Fsp3) is 0.444. The van der Waals surface area contributed by atoms with E-state index in [1.165, 1.54) is 5.56 Å². The highest BCUT2D eigenvalue weighted by molar-refractivity contribution is 7.89. The molecule has 0 N–H and O–H groups in total. The summed E-state index contributed by atoms with van der Waals surface area (Å²) < 4.78 is 27.3. The molecule has 0 spiro atoms. The summed E-state index contributed by atoms with van der Waals surface area (Å²) in [7, 11) is -3.35. The maximum Gasteiger partial charge on any atom is 0.244 e. The van der Waals surface area contributed by atoms with Gasteiger partial charge >= 0.3 is 0 Å². The lowest BCUT2D eigenvalue weighted by Gasteiger charge is -2.34. The molecule has 1 fully saturated rings. The summed E-state index contributed by atoms with van der Waals surface area (Å²) in [5, 5.41) is 0. The zero-order valence-electron chi connectivity index (χ0n) is 14.2. The molecule has 0 aliphatic carbocycles. The van der Waals surface area contributed by atoms with E-state index in [1.54, 1.807) is 21.7 Å². The molecule has 1 aromatic heterocycles. The number of hydrogen-bond acceptors (Lipinski definition) is 4. The summed E-state index contributed by atoms with van der Waals surface area (Å²) >= 11 is 1.55. The predicted octanol–water partition coefficient (Wildman–Crippen LogP) is 2.91. The van der Waals surface area contributed by atoms with Gasteiger partial charge in [-0.15, -0.1) is 11.3 Å². The van der Waals surface area contributed by atoms with Crippen molar-refractivity contribution in [2.45, 2.75) is 25.2 Å². The van der Waals surface area contributed by atoms with E-state index in [0.717, 1.165) is 35.8 Å². The molecule has 0 unspecified atom stereocenters. The third-order valence-electron chi connectivity index (χ3n) is 4.50. The standard InChI is InChI=1S/C18H24N2O2S2/c1-15-14-18(16(2)23-15)24(21,22)20-12-10-19(11-13-20)9-8-17-6-4-3-5-7-17/h3-7,14H,8-13H2,1-2H3. The second kappa shape index (κ2) is 7.35. The Balaban J connectivity index is 1.57. The summed E-state index contributed by atoms with van der Waals surface area (Å²) in [6, 6.07) is 12.2. The Morgan fingerprint density at radius 1 is 1.04 bits per heavy atom. The van der Waals surface area contributed by atoms with Crippen LogP contribution in [0.25, 0.3) is 0 Å². The summed E-state index contributed by atoms with van der Waals surface area (Å²) in [5.74, 6) is 0. The largest absolute Gasteiger partial charge is 0.300 e. The van der Waals surface area contributed by atoms with Crippen LogP contribution < -0.4 is 0 Å². The van der Waals surface area contributed by atoms with Gasteiger partial charge in [-0.05, 0) is 31.9 Å². The monoisotopic (exact) mass is 364 g/mol. The topological polar surface area (TPSA) is 40.6 Å². The van der Waals surface area contributed by atoms with Crippen molar-refractivity contribution in [2.24, 2.45) is 0 Å². The van der Waals surface area contributed by atoms with Crippen LogP contribution in [-0.4, -0.2) is 50.3 Å². The van der Waals surface area contributed by atoms with E-state index in [4.69, 9.17) is 0 Å². The van der Waals surface area contributed by atoms with Gasteiger partial charge in [-0.3, -0.25) is 0 Å². The van der Waals surface area contributed by atoms with Gasteiger partial charge in [0.15, 0.2) is 0 Å². The van der Waals surface area contributed by atoms with Gasteiger partial charge in [-0.25, -0.2) is 8.42 Å². The molecule has 2 heterocycles. The van der Waals surface area contributed by atoms with Gasteiger partial charge in [0, 0.05) is 42.5 Å². The summed E-state index contributed by atoms with van der Waals surface area (Å²) in [6.07, 6.45) is 1.01. The smallest absolute Gasteiger partial charge is 0.244 e. The van der Waals surface area contributed by atoms with Gasteiger partial charge in [0.2, 0.25) is 10.0 Å². The van der Waals surface area contributed by atoms with Crippen molar-refractivity contribution in [1.29, 1.82) is 0 Å². The highest BCUT2D eigenvalue weighted by Crippen LogP contribution is 2.28. The van der Waals surface area contributed by atoms with Gasteiger partial charge in [-0.2, -0.15) is 4.31 Å². The van der Waals surface area contributed by atoms with Crippen molar-refractivity contribution in [3.05, 3.63) is 51.7 Å². The van der Waals surface area contributed by atoms with Gasteiger partial charge in [0.05, 0.1) is 4.90 Å². The van der Waals surface area contributed by atoms with E-state index in [1.807, 2.05) is 19.9 Å². The molecule has 2 aromatic rings. The van der Waals surface area contributed by atoms with Crippen LogP contribution in [0.2, 0.25) is 0 Å². The van der Waals surface area contributed by atoms with Crippen molar-refractivity contribution >= 4 is 21.4 Å². The van der Waals surface area contributed by atoms with E-state index in [-0.39, 0.29) is 0 Å². The fourth-order valence-corrected chi connectivity index (χ4v) is 6.07. The number of benzene rings is 1. The molecule has 0 saturated carbocycles. The molecule has 1 aromatic carbocycles. The number of sulfonamides is 1. The van der Waals surface area contributed by atoms with Crippen molar-refractivity contribution in [3.8, 4) is 0 Å². The van der Waals surface area contributed by atoms with Crippen LogP contribution in [0.15, 0.2) is 41.3 Å². The predicted molar refractivity (Wildman–Crippen MR) is 99.1 cm³/mol. The van der Waals surface area contributed by atoms with Gasteiger partial charge < -0.3 is 4.90 Å². The Kier molecular flexibility index (Phi) is 5.39. The normalized spacial score (nSPS) is 17.2. The Bertz CT molecular complexity index is 777. The average molecular weight is 365 g/mol. The first kappa shape index (κ1) is 17.6. The van der Waals surface area contributed by atoms with Crippen molar-refractivity contribution in [3.63, 3.8) is 0 Å². The van der Waals surface area contributed by atoms with Crippen LogP contribution in [0.4, 0.5) is 0 Å². The Labute approximate surface area is 148 Å². The van der Waals surface area contributed by atoms with Crippen LogP contribution >= 0.6 is 11.3 Å². The number of rotatable bonds is 5. The Morgan fingerprint density at radius 3 is 2.29 bits per heavy atom. The maximum atomic E-state index is 12.8. The molecule has 0 bridgehead atoms. The van der Waals surface area contributed by atoms with Crippen LogP contribution in [-0.2, 0) is 16.4 Å². The minimum atomic E-state index is -3.35. The Hall–Kier alpha value is -1.21. The lowest BCUT2D eigenvalue weighted by Crippen LogP contribution is -2.49. The van der Waals surface area contributed by atoms with E-state index < -0.39 is 10.0 Å². The average Bonchev–Trinajstić information content (AvgIpc) is 2.93. The highest BCUT2D eigenvalue weighted by atomic mass is 32.2. The molecule has 24 heavy (non-hydrogen) atoms. The number of thiophene rings is 1. The van der Waals surface area contributed by atoms with Crippen LogP contribution in [0.1, 0.15) is 15.3 Å². The summed E-state index contributed by atoms with van der Waals surface area (Å²) in [5.41, 5.74) is 1.33. The molecular weight excluding hydrogens is 340 g/mol. The van der Waals surface area contributed by atoms with Gasteiger partial charge in [-0.1, -0.05) is 30.3 Å². The summed E-state index contributed by atoms with van der Waals surface area (Å²) in [6.45, 7) is 7.58. The van der Waals surface area contributed by atoms with E-state index in [2.05, 4.69) is 29.2 Å². The molecular formula is C18H24N2O2S2. The second-order valence-corrected chi connectivity index (χ2v) is 9.63. The van der Waals surface area contributed by atoms with Crippen LogP contribution in [0.3, 0.4) is 0 Å². The van der Waals surface area contributed by atoms with E-state index in [9.17, 15) is 8.42 Å². The maximum absolute atomic E-state index is 12.8. The van der Waals surface area contributed by atoms with E-state index >= 15 is 0 Å². The second-order valence-electron chi connectivity index (χ2n) is 6.26. The van der Waals surface area contributed by atoms with Crippen LogP contribution in [0.5, 0.6) is 0 Å². The minimum absolute atomic E-state index is 0.489. The fourth-order valence-electron chi connectivity index (χ4n) is 3.13. The quantitative estimate of drug-likeness (QED) is 0.819. The first-order valence-corrected chi connectivity index (χ1v) is 10.6. The highest BCUT2D eigenvalue weighted by Gasteiger charge is 2.30. The number of nitrogens with zero attached hydrogens (tertiary/aromatic N) is 2. The lowest BCUT2D eigenvalue weighted by atomic mass is 10.1. The molecule has 0 amide bonds. The molecule has 3 rings (SSSR count). The van der Waals surface area contributed by atoms with Crippen LogP contribution in [0, 0.1) is 13.8 Å². The Morgan fingerprint density at radius 2 is 1.71 bits per heavy atom. The third kappa shape index (κ3) is 3.88. The first-order valence-electron chi connectivity index (χ1n) is 8.30. The molecule has 4 nitrogen and oxygen atoms in total. The summed E-state index contributed by atoms with van der Waals surface area (Å²) in [4.78, 5) is 4.78. The number of piperazine rings is 1. The lowest BCUT2D eigenvalue weighted by molar-refractivity contribution is 0.190. The van der Waals surface area contributed by atoms with E-state index in [0.29, 0.717) is 18.0 Å². The third-order valence-corrected chi connectivity index (χ3v) is 7.62. The van der Waals surface area contributed by atoms with Gasteiger partial charge in [0.1, 0.15) is 0 Å². The molecule has 6 heteroatoms. The van der Waals surface area contributed by atoms with Gasteiger partial charge in [0.25, 0.3) is 0 Å². The molecule has 1 aliphatic rings. The molecule has 0 radical (unpaired) electrons. The molecule has 1 aliphatic heterocycles. The zero-order valence-corrected chi connectivity index (χ0v) is 15.9. The van der Waals surface area contributed by atoms with Crippen molar-refractivity contribution in [1.82, 2.24) is 9.21 Å². The molecule has 130 valence electrons. The number of aryl methyl sites for hydroxylation is 2. The van der Waals surface area contributed by atoms with Crippen molar-refractivity contribution in [2.75, 3.05) is 32.7 Å². The SMILES string of the molecule is Cc1cc(S(=O)(=O)N2CCN(CCc3ccccc3)CC2)c(C)s1. The first-order chi connectivity index (χ1) is 11.5. The zero-order chi connectivity index (χ0) is 17.2. The number of hydrogen-bond donors (Lipinski definition) is 0.